The van der Waals surface area contributed by atoms with E-state index in [-0.39, 0.29) is 24.0 Å². The summed E-state index contributed by atoms with van der Waals surface area (Å²) < 4.78 is 0. The van der Waals surface area contributed by atoms with Crippen LogP contribution in [0.4, 0.5) is 0 Å². The number of thiazole rings is 1. The van der Waals surface area contributed by atoms with Crippen LogP contribution in [0.3, 0.4) is 0 Å². The molecule has 1 aliphatic rings. The standard InChI is InChI=1S/C16H26N4S.HI/c1-12-13(2)21-15(20-12)9-11-19-16(17-3)18-10-8-14-6-4-5-7-14;/h6H,4-5,7-11H2,1-3H3,(H2,17,18,19);1H. The summed E-state index contributed by atoms with van der Waals surface area (Å²) in [6, 6.07) is 0. The van der Waals surface area contributed by atoms with Crippen molar-refractivity contribution >= 4 is 41.3 Å². The molecule has 2 N–H and O–H groups in total. The van der Waals surface area contributed by atoms with E-state index in [9.17, 15) is 0 Å². The Hall–Kier alpha value is -0.630. The summed E-state index contributed by atoms with van der Waals surface area (Å²) >= 11 is 1.79. The first kappa shape index (κ1) is 19.4. The van der Waals surface area contributed by atoms with Crippen LogP contribution in [0.15, 0.2) is 16.6 Å². The average Bonchev–Trinajstić information content (AvgIpc) is 3.08. The molecule has 0 fully saturated rings. The molecule has 124 valence electrons. The largest absolute Gasteiger partial charge is 0.356 e. The number of hydrogen-bond donors (Lipinski definition) is 2. The average molecular weight is 434 g/mol. The van der Waals surface area contributed by atoms with Crippen LogP contribution in [-0.4, -0.2) is 31.1 Å². The maximum Gasteiger partial charge on any atom is 0.191 e. The Labute approximate surface area is 154 Å². The van der Waals surface area contributed by atoms with E-state index in [0.717, 1.165) is 37.6 Å². The molecule has 0 unspecified atom stereocenters. The zero-order chi connectivity index (χ0) is 15.1. The fourth-order valence-corrected chi connectivity index (χ4v) is 3.39. The first-order valence-electron chi connectivity index (χ1n) is 7.74. The molecule has 1 aliphatic carbocycles. The van der Waals surface area contributed by atoms with Crippen molar-refractivity contribution in [2.24, 2.45) is 4.99 Å². The highest BCUT2D eigenvalue weighted by atomic mass is 127. The normalized spacial score (nSPS) is 14.5. The zero-order valence-corrected chi connectivity index (χ0v) is 16.9. The van der Waals surface area contributed by atoms with Gasteiger partial charge < -0.3 is 10.6 Å². The molecule has 0 aliphatic heterocycles. The number of hydrogen-bond acceptors (Lipinski definition) is 3. The summed E-state index contributed by atoms with van der Waals surface area (Å²) in [4.78, 5) is 10.1. The maximum atomic E-state index is 4.56. The number of nitrogens with zero attached hydrogens (tertiary/aromatic N) is 2. The number of aryl methyl sites for hydroxylation is 2. The summed E-state index contributed by atoms with van der Waals surface area (Å²) in [6.45, 7) is 6.03. The predicted molar refractivity (Wildman–Crippen MR) is 107 cm³/mol. The van der Waals surface area contributed by atoms with Gasteiger partial charge in [-0.2, -0.15) is 0 Å². The minimum absolute atomic E-state index is 0. The van der Waals surface area contributed by atoms with E-state index >= 15 is 0 Å². The van der Waals surface area contributed by atoms with Crippen molar-refractivity contribution in [1.82, 2.24) is 15.6 Å². The number of rotatable bonds is 6. The van der Waals surface area contributed by atoms with Gasteiger partial charge in [-0.05, 0) is 39.5 Å². The molecule has 0 atom stereocenters. The Balaban J connectivity index is 0.00000242. The fourth-order valence-electron chi connectivity index (χ4n) is 2.46. The zero-order valence-electron chi connectivity index (χ0n) is 13.7. The van der Waals surface area contributed by atoms with E-state index in [1.807, 2.05) is 7.05 Å². The molecule has 1 aromatic rings. The van der Waals surface area contributed by atoms with Crippen molar-refractivity contribution in [2.75, 3.05) is 20.1 Å². The van der Waals surface area contributed by atoms with Gasteiger partial charge >= 0.3 is 0 Å². The van der Waals surface area contributed by atoms with Gasteiger partial charge in [0.2, 0.25) is 0 Å². The predicted octanol–water partition coefficient (Wildman–Crippen LogP) is 3.59. The molecule has 0 spiro atoms. The number of guanidine groups is 1. The Morgan fingerprint density at radius 2 is 2.00 bits per heavy atom. The first-order valence-corrected chi connectivity index (χ1v) is 8.56. The Kier molecular flexibility index (Phi) is 9.00. The fraction of sp³-hybridized carbons (Fsp3) is 0.625. The summed E-state index contributed by atoms with van der Waals surface area (Å²) in [5, 5.41) is 7.94. The molecule has 22 heavy (non-hydrogen) atoms. The molecule has 0 bridgehead atoms. The Morgan fingerprint density at radius 1 is 1.27 bits per heavy atom. The van der Waals surface area contributed by atoms with Crippen molar-refractivity contribution in [2.45, 2.75) is 46.0 Å². The molecule has 0 radical (unpaired) electrons. The molecule has 0 aromatic carbocycles. The topological polar surface area (TPSA) is 49.3 Å². The quantitative estimate of drug-likeness (QED) is 0.312. The van der Waals surface area contributed by atoms with Crippen molar-refractivity contribution < 1.29 is 0 Å². The molecule has 0 amide bonds. The van der Waals surface area contributed by atoms with Crippen molar-refractivity contribution in [3.05, 3.63) is 27.2 Å². The van der Waals surface area contributed by atoms with Crippen molar-refractivity contribution in [3.8, 4) is 0 Å². The molecular weight excluding hydrogens is 407 g/mol. The van der Waals surface area contributed by atoms with Crippen LogP contribution in [-0.2, 0) is 6.42 Å². The van der Waals surface area contributed by atoms with Crippen LogP contribution in [0.2, 0.25) is 0 Å². The second kappa shape index (κ2) is 10.2. The van der Waals surface area contributed by atoms with Crippen LogP contribution in [0.25, 0.3) is 0 Å². The molecule has 2 rings (SSSR count). The third kappa shape index (κ3) is 6.24. The van der Waals surface area contributed by atoms with Gasteiger partial charge in [0, 0.05) is 31.4 Å². The van der Waals surface area contributed by atoms with Crippen LogP contribution < -0.4 is 10.6 Å². The summed E-state index contributed by atoms with van der Waals surface area (Å²) in [7, 11) is 1.82. The summed E-state index contributed by atoms with van der Waals surface area (Å²) in [6.07, 6.45) is 8.32. The van der Waals surface area contributed by atoms with Gasteiger partial charge in [0.25, 0.3) is 0 Å². The summed E-state index contributed by atoms with van der Waals surface area (Å²) in [5.41, 5.74) is 2.74. The van der Waals surface area contributed by atoms with Gasteiger partial charge in [0.15, 0.2) is 5.96 Å². The first-order chi connectivity index (χ1) is 10.2. The van der Waals surface area contributed by atoms with E-state index in [0.29, 0.717) is 0 Å². The highest BCUT2D eigenvalue weighted by Gasteiger charge is 2.06. The van der Waals surface area contributed by atoms with Crippen molar-refractivity contribution in [3.63, 3.8) is 0 Å². The second-order valence-corrected chi connectivity index (χ2v) is 6.72. The van der Waals surface area contributed by atoms with Crippen molar-refractivity contribution in [1.29, 1.82) is 0 Å². The Bertz CT molecular complexity index is 503. The van der Waals surface area contributed by atoms with E-state index in [1.54, 1.807) is 16.9 Å². The molecule has 1 aromatic heterocycles. The van der Waals surface area contributed by atoms with E-state index in [2.05, 4.69) is 40.5 Å². The van der Waals surface area contributed by atoms with Gasteiger partial charge in [-0.3, -0.25) is 4.99 Å². The van der Waals surface area contributed by atoms with E-state index < -0.39 is 0 Å². The van der Waals surface area contributed by atoms with Gasteiger partial charge in [-0.1, -0.05) is 11.6 Å². The highest BCUT2D eigenvalue weighted by Crippen LogP contribution is 2.19. The van der Waals surface area contributed by atoms with E-state index in [4.69, 9.17) is 0 Å². The summed E-state index contributed by atoms with van der Waals surface area (Å²) in [5.74, 6) is 0.888. The molecule has 4 nitrogen and oxygen atoms in total. The lowest BCUT2D eigenvalue weighted by atomic mass is 10.2. The van der Waals surface area contributed by atoms with Crippen LogP contribution in [0.5, 0.6) is 0 Å². The smallest absolute Gasteiger partial charge is 0.191 e. The van der Waals surface area contributed by atoms with E-state index in [1.165, 1.54) is 29.1 Å². The van der Waals surface area contributed by atoms with Gasteiger partial charge in [0.05, 0.1) is 10.7 Å². The van der Waals surface area contributed by atoms with Crippen LogP contribution in [0, 0.1) is 13.8 Å². The molecule has 0 saturated carbocycles. The molecular formula is C16H27IN4S. The maximum absolute atomic E-state index is 4.56. The monoisotopic (exact) mass is 434 g/mol. The number of aliphatic imine (C=N–C) groups is 1. The van der Waals surface area contributed by atoms with Crippen LogP contribution >= 0.6 is 35.3 Å². The molecule has 0 saturated heterocycles. The van der Waals surface area contributed by atoms with Gasteiger partial charge in [-0.25, -0.2) is 4.98 Å². The lowest BCUT2D eigenvalue weighted by molar-refractivity contribution is 0.765. The van der Waals surface area contributed by atoms with Gasteiger partial charge in [-0.15, -0.1) is 35.3 Å². The van der Waals surface area contributed by atoms with Gasteiger partial charge in [0.1, 0.15) is 0 Å². The number of aromatic nitrogens is 1. The minimum atomic E-state index is 0. The lowest BCUT2D eigenvalue weighted by Gasteiger charge is -2.11. The highest BCUT2D eigenvalue weighted by molar-refractivity contribution is 14.0. The van der Waals surface area contributed by atoms with Crippen LogP contribution in [0.1, 0.15) is 41.3 Å². The third-order valence-corrected chi connectivity index (χ3v) is 4.93. The SMILES string of the molecule is CN=C(NCCC1=CCCC1)NCCc1nc(C)c(C)s1.I. The third-order valence-electron chi connectivity index (χ3n) is 3.80. The minimum Gasteiger partial charge on any atom is -0.356 e. The number of nitrogens with one attached hydrogen (secondary N) is 2. The second-order valence-electron chi connectivity index (χ2n) is 5.43. The number of allylic oxidation sites excluding steroid dienone is 1. The lowest BCUT2D eigenvalue weighted by Crippen LogP contribution is -2.38. The Morgan fingerprint density at radius 3 is 2.55 bits per heavy atom. The molecule has 1 heterocycles. The molecule has 6 heteroatoms. The number of halogens is 1.